The molecule has 0 bridgehead atoms. The Hall–Kier alpha value is -2.83. The van der Waals surface area contributed by atoms with Crippen molar-refractivity contribution in [1.29, 1.82) is 0 Å². The minimum atomic E-state index is -0.0914. The second-order valence-electron chi connectivity index (χ2n) is 10.3. The van der Waals surface area contributed by atoms with Gasteiger partial charge in [-0.05, 0) is 66.5 Å². The van der Waals surface area contributed by atoms with Crippen LogP contribution in [0.3, 0.4) is 0 Å². The summed E-state index contributed by atoms with van der Waals surface area (Å²) in [6.45, 7) is 6.95. The smallest absolute Gasteiger partial charge is 0.275 e. The van der Waals surface area contributed by atoms with Gasteiger partial charge in [0.2, 0.25) is 0 Å². The van der Waals surface area contributed by atoms with Crippen LogP contribution in [-0.4, -0.2) is 10.9 Å². The molecule has 0 unspecified atom stereocenters. The fourth-order valence-electron chi connectivity index (χ4n) is 5.11. The van der Waals surface area contributed by atoms with Crippen LogP contribution in [-0.2, 0) is 12.8 Å². The second kappa shape index (κ2) is 7.85. The third-order valence-corrected chi connectivity index (χ3v) is 9.37. The van der Waals surface area contributed by atoms with Crippen LogP contribution in [0, 0.1) is 11.3 Å². The fraction of sp³-hybridized carbons (Fsp3) is 0.286. The first-order valence-electron chi connectivity index (χ1n) is 11.7. The van der Waals surface area contributed by atoms with Crippen LogP contribution in [0.2, 0.25) is 0 Å². The molecule has 2 N–H and O–H groups in total. The van der Waals surface area contributed by atoms with Crippen molar-refractivity contribution < 1.29 is 4.79 Å². The molecule has 1 aliphatic heterocycles. The average Bonchev–Trinajstić information content (AvgIpc) is 3.15. The first kappa shape index (κ1) is 21.7. The number of aryl methyl sites for hydroxylation is 1. The Morgan fingerprint density at radius 3 is 2.35 bits per heavy atom. The Kier molecular flexibility index (Phi) is 5.01. The van der Waals surface area contributed by atoms with Gasteiger partial charge in [-0.25, -0.2) is 4.98 Å². The zero-order chi connectivity index (χ0) is 23.6. The van der Waals surface area contributed by atoms with E-state index >= 15 is 0 Å². The molecule has 1 aliphatic carbocycles. The van der Waals surface area contributed by atoms with Gasteiger partial charge in [0.15, 0.2) is 0 Å². The molecule has 4 nitrogen and oxygen atoms in total. The topological polar surface area (TPSA) is 59.2 Å². The molecule has 6 rings (SSSR count). The van der Waals surface area contributed by atoms with Gasteiger partial charge < -0.3 is 5.73 Å². The van der Waals surface area contributed by atoms with Crippen LogP contribution in [0.25, 0.3) is 10.2 Å². The van der Waals surface area contributed by atoms with Gasteiger partial charge in [0.1, 0.15) is 9.71 Å². The Morgan fingerprint density at radius 1 is 1.06 bits per heavy atom. The molecule has 1 atom stereocenters. The molecule has 0 saturated heterocycles. The van der Waals surface area contributed by atoms with Gasteiger partial charge in [-0.15, -0.1) is 11.3 Å². The second-order valence-corrected chi connectivity index (χ2v) is 12.4. The van der Waals surface area contributed by atoms with Gasteiger partial charge in [-0.3, -0.25) is 9.69 Å². The number of rotatable bonds is 1. The summed E-state index contributed by atoms with van der Waals surface area (Å²) in [5.41, 5.74) is 11.7. The molecule has 2 aromatic heterocycles. The minimum absolute atomic E-state index is 0.0914. The van der Waals surface area contributed by atoms with E-state index in [4.69, 9.17) is 10.7 Å². The molecule has 0 radical (unpaired) electrons. The van der Waals surface area contributed by atoms with Crippen molar-refractivity contribution in [2.45, 2.75) is 49.8 Å². The summed E-state index contributed by atoms with van der Waals surface area (Å²) in [5.74, 6) is 0.533. The van der Waals surface area contributed by atoms with Crippen molar-refractivity contribution in [2.75, 3.05) is 10.6 Å². The Balaban J connectivity index is 1.45. The summed E-state index contributed by atoms with van der Waals surface area (Å²) in [4.78, 5) is 24.4. The normalized spacial score (nSPS) is 17.3. The molecule has 3 heterocycles. The molecule has 2 aromatic carbocycles. The first-order chi connectivity index (χ1) is 16.3. The highest BCUT2D eigenvalue weighted by Crippen LogP contribution is 2.49. The number of nitrogens with two attached hydrogens (primary N) is 1. The molecule has 172 valence electrons. The predicted octanol–water partition coefficient (Wildman–Crippen LogP) is 7.47. The molecule has 0 spiro atoms. The van der Waals surface area contributed by atoms with E-state index in [1.165, 1.54) is 22.6 Å². The van der Waals surface area contributed by atoms with Crippen molar-refractivity contribution >= 4 is 56.3 Å². The van der Waals surface area contributed by atoms with Crippen LogP contribution in [0.5, 0.6) is 0 Å². The maximum Gasteiger partial charge on any atom is 0.275 e. The number of nitrogen functional groups attached to an aromatic ring is 1. The minimum Gasteiger partial charge on any atom is -0.397 e. The largest absolute Gasteiger partial charge is 0.397 e. The SMILES string of the molecule is CC(C)(C)[C@H]1CCc2nc3sc(C(=O)N4c5ccccc5Sc5ccccc54)c(N)c3cc2C1. The summed E-state index contributed by atoms with van der Waals surface area (Å²) in [6, 6.07) is 18.3. The van der Waals surface area contributed by atoms with Gasteiger partial charge >= 0.3 is 0 Å². The number of carbonyl (C=O) groups is 1. The quantitative estimate of drug-likeness (QED) is 0.304. The van der Waals surface area contributed by atoms with E-state index < -0.39 is 0 Å². The summed E-state index contributed by atoms with van der Waals surface area (Å²) in [5, 5.41) is 0.912. The number of hydrogen-bond donors (Lipinski definition) is 1. The van der Waals surface area contributed by atoms with Crippen LogP contribution < -0.4 is 10.6 Å². The van der Waals surface area contributed by atoms with Crippen LogP contribution in [0.15, 0.2) is 64.4 Å². The van der Waals surface area contributed by atoms with Crippen molar-refractivity contribution in [3.05, 3.63) is 70.7 Å². The van der Waals surface area contributed by atoms with E-state index in [-0.39, 0.29) is 11.3 Å². The third kappa shape index (κ3) is 3.43. The standard InChI is InChI=1S/C28H27N3OS2/c1-28(2,3)17-12-13-19-16(14-17)15-18-24(29)25(34-26(18)30-19)27(32)31-20-8-4-6-10-22(20)33-23-11-7-5-9-21(23)31/h4-11,15,17H,12-14,29H2,1-3H3/t17-/m0/s1. The molecule has 34 heavy (non-hydrogen) atoms. The Morgan fingerprint density at radius 2 is 1.71 bits per heavy atom. The highest BCUT2D eigenvalue weighted by Gasteiger charge is 2.33. The molecule has 2 aliphatic rings. The number of aromatic nitrogens is 1. The van der Waals surface area contributed by atoms with Gasteiger partial charge in [0.05, 0.1) is 17.1 Å². The van der Waals surface area contributed by atoms with E-state index in [0.717, 1.165) is 50.6 Å². The zero-order valence-electron chi connectivity index (χ0n) is 19.6. The van der Waals surface area contributed by atoms with Crippen LogP contribution in [0.4, 0.5) is 17.1 Å². The van der Waals surface area contributed by atoms with Gasteiger partial charge in [0.25, 0.3) is 5.91 Å². The lowest BCUT2D eigenvalue weighted by atomic mass is 9.71. The number of amides is 1. The number of para-hydroxylation sites is 2. The lowest BCUT2D eigenvalue weighted by Crippen LogP contribution is -2.28. The lowest BCUT2D eigenvalue weighted by molar-refractivity contribution is 0.100. The van der Waals surface area contributed by atoms with Gasteiger partial charge in [-0.2, -0.15) is 0 Å². The number of fused-ring (bicyclic) bond motifs is 4. The van der Waals surface area contributed by atoms with Crippen LogP contribution >= 0.6 is 23.1 Å². The lowest BCUT2D eigenvalue weighted by Gasteiger charge is -2.34. The summed E-state index contributed by atoms with van der Waals surface area (Å²) < 4.78 is 0. The van der Waals surface area contributed by atoms with Gasteiger partial charge in [-0.1, -0.05) is 56.8 Å². The number of carbonyl (C=O) groups excluding carboxylic acids is 1. The Bertz CT molecular complexity index is 1400. The molecule has 4 aromatic rings. The summed E-state index contributed by atoms with van der Waals surface area (Å²) >= 11 is 3.11. The van der Waals surface area contributed by atoms with Crippen molar-refractivity contribution in [3.63, 3.8) is 0 Å². The number of thiophene rings is 1. The molecule has 1 amide bonds. The van der Waals surface area contributed by atoms with Crippen LogP contribution in [0.1, 0.15) is 48.1 Å². The fourth-order valence-corrected chi connectivity index (χ4v) is 7.20. The number of pyridine rings is 1. The monoisotopic (exact) mass is 485 g/mol. The van der Waals surface area contributed by atoms with E-state index in [0.29, 0.717) is 16.5 Å². The van der Waals surface area contributed by atoms with Crippen molar-refractivity contribution in [3.8, 4) is 0 Å². The maximum atomic E-state index is 14.0. The maximum absolute atomic E-state index is 14.0. The van der Waals surface area contributed by atoms with Crippen molar-refractivity contribution in [2.24, 2.45) is 11.3 Å². The number of benzene rings is 2. The predicted molar refractivity (Wildman–Crippen MR) is 142 cm³/mol. The number of anilines is 3. The number of hydrogen-bond acceptors (Lipinski definition) is 5. The Labute approximate surface area is 208 Å². The van der Waals surface area contributed by atoms with E-state index in [9.17, 15) is 4.79 Å². The first-order valence-corrected chi connectivity index (χ1v) is 13.4. The zero-order valence-corrected chi connectivity index (χ0v) is 21.2. The molecule has 0 fully saturated rings. The molecular formula is C28H27N3OS2. The molecule has 0 saturated carbocycles. The van der Waals surface area contributed by atoms with E-state index in [1.807, 2.05) is 41.3 Å². The summed E-state index contributed by atoms with van der Waals surface area (Å²) in [7, 11) is 0. The molecular weight excluding hydrogens is 458 g/mol. The average molecular weight is 486 g/mol. The highest BCUT2D eigenvalue weighted by atomic mass is 32.2. The molecule has 6 heteroatoms. The van der Waals surface area contributed by atoms with Crippen molar-refractivity contribution in [1.82, 2.24) is 4.98 Å². The van der Waals surface area contributed by atoms with Gasteiger partial charge in [0, 0.05) is 20.9 Å². The third-order valence-electron chi connectivity index (χ3n) is 7.14. The van der Waals surface area contributed by atoms with E-state index in [2.05, 4.69) is 39.0 Å². The number of nitrogens with zero attached hydrogens (tertiary/aromatic N) is 2. The van der Waals surface area contributed by atoms with E-state index in [1.54, 1.807) is 11.8 Å². The highest BCUT2D eigenvalue weighted by molar-refractivity contribution is 7.99. The summed E-state index contributed by atoms with van der Waals surface area (Å²) in [6.07, 6.45) is 3.16.